The molecule has 216 valence electrons. The van der Waals surface area contributed by atoms with E-state index in [0.29, 0.717) is 6.42 Å². The van der Waals surface area contributed by atoms with Crippen LogP contribution in [0.25, 0.3) is 0 Å². The Bertz CT molecular complexity index is 1420. The Morgan fingerprint density at radius 1 is 1.02 bits per heavy atom. The number of aryl methyl sites for hydroxylation is 1. The second-order valence-electron chi connectivity index (χ2n) is 11.0. The zero-order valence-electron chi connectivity index (χ0n) is 23.1. The van der Waals surface area contributed by atoms with Crippen LogP contribution in [0, 0.1) is 11.8 Å². The number of Topliss-reactive ketones (excluding diaryl/α,β-unsaturated/α-hetero) is 1. The third-order valence-electron chi connectivity index (χ3n) is 8.46. The van der Waals surface area contributed by atoms with Crippen LogP contribution in [-0.2, 0) is 17.6 Å². The maximum absolute atomic E-state index is 13.1. The molecule has 41 heavy (non-hydrogen) atoms. The molecular formula is C33H37NO7. The molecule has 3 aliphatic rings. The molecule has 0 radical (unpaired) electrons. The molecule has 0 saturated heterocycles. The number of phenolic OH excluding ortho intramolecular Hbond substituents is 3. The molecule has 3 aromatic rings. The minimum atomic E-state index is -0.940. The lowest BCUT2D eigenvalue weighted by molar-refractivity contribution is -0.121. The van der Waals surface area contributed by atoms with Gasteiger partial charge in [0.2, 0.25) is 5.75 Å². The lowest BCUT2D eigenvalue weighted by Gasteiger charge is -2.40. The third-order valence-corrected chi connectivity index (χ3v) is 8.46. The van der Waals surface area contributed by atoms with Crippen LogP contribution in [0.4, 0.5) is 0 Å². The van der Waals surface area contributed by atoms with Gasteiger partial charge in [-0.15, -0.1) is 0 Å². The topological polar surface area (TPSA) is 142 Å². The van der Waals surface area contributed by atoms with E-state index in [1.807, 2.05) is 24.3 Å². The lowest BCUT2D eigenvalue weighted by Crippen LogP contribution is -2.34. The van der Waals surface area contributed by atoms with Crippen molar-refractivity contribution in [3.05, 3.63) is 89.0 Å². The van der Waals surface area contributed by atoms with Crippen LogP contribution in [0.3, 0.4) is 0 Å². The molecule has 3 aromatic carbocycles. The molecule has 6 rings (SSSR count). The fourth-order valence-electron chi connectivity index (χ4n) is 6.63. The third kappa shape index (κ3) is 5.89. The van der Waals surface area contributed by atoms with Gasteiger partial charge in [-0.05, 0) is 66.0 Å². The molecule has 0 spiro atoms. The highest BCUT2D eigenvalue weighted by Gasteiger charge is 2.45. The van der Waals surface area contributed by atoms with E-state index in [9.17, 15) is 25.2 Å². The van der Waals surface area contributed by atoms with Crippen LogP contribution in [0.5, 0.6) is 28.7 Å². The number of nitrogens with two attached hydrogens (primary N) is 1. The van der Waals surface area contributed by atoms with Gasteiger partial charge in [0.25, 0.3) is 0 Å². The number of ether oxygens (including phenoxy) is 2. The van der Waals surface area contributed by atoms with Gasteiger partial charge in [-0.2, -0.15) is 0 Å². The fourth-order valence-corrected chi connectivity index (χ4v) is 6.63. The quantitative estimate of drug-likeness (QED) is 0.130. The number of aliphatic hydroxyl groups is 1. The molecular weight excluding hydrogens is 522 g/mol. The van der Waals surface area contributed by atoms with E-state index in [1.165, 1.54) is 18.7 Å². The van der Waals surface area contributed by atoms with Gasteiger partial charge >= 0.3 is 0 Å². The summed E-state index contributed by atoms with van der Waals surface area (Å²) in [6.07, 6.45) is 5.31. The second-order valence-corrected chi connectivity index (χ2v) is 11.0. The van der Waals surface area contributed by atoms with Crippen molar-refractivity contribution < 1.29 is 34.7 Å². The van der Waals surface area contributed by atoms with E-state index in [2.05, 4.69) is 18.2 Å². The molecule has 6 N–H and O–H groups in total. The molecule has 8 heteroatoms. The number of carbonyl (C=O) groups is 1. The smallest absolute Gasteiger partial charge is 0.200 e. The molecule has 0 aromatic heterocycles. The van der Waals surface area contributed by atoms with Crippen molar-refractivity contribution in [3.8, 4) is 28.7 Å². The molecule has 2 bridgehead atoms. The maximum atomic E-state index is 13.1. The van der Waals surface area contributed by atoms with Crippen LogP contribution in [0.2, 0.25) is 0 Å². The number of aromatic hydroxyl groups is 3. The molecule has 0 saturated carbocycles. The predicted octanol–water partition coefficient (Wildman–Crippen LogP) is 4.68. The highest BCUT2D eigenvalue weighted by molar-refractivity contribution is 5.79. The van der Waals surface area contributed by atoms with E-state index < -0.39 is 6.10 Å². The van der Waals surface area contributed by atoms with E-state index in [4.69, 9.17) is 15.2 Å². The van der Waals surface area contributed by atoms with Crippen molar-refractivity contribution in [2.75, 3.05) is 13.8 Å². The monoisotopic (exact) mass is 559 g/mol. The summed E-state index contributed by atoms with van der Waals surface area (Å²) in [7, 11) is 1.47. The molecule has 3 aliphatic carbocycles. The Kier molecular flexibility index (Phi) is 8.52. The van der Waals surface area contributed by atoms with Gasteiger partial charge in [-0.1, -0.05) is 48.6 Å². The summed E-state index contributed by atoms with van der Waals surface area (Å²) in [6.45, 7) is -0.0727. The van der Waals surface area contributed by atoms with Gasteiger partial charge in [0.1, 0.15) is 12.5 Å². The fraction of sp³-hybridized carbons (Fsp3) is 0.364. The largest absolute Gasteiger partial charge is 0.504 e. The SMILES string of the molecule is COc1c(O)c(O)cc2c1[C@H]1C=C[C@@H]([C@@H](O)CC(=O)CCc3ccc(O)c(OCN)c3)[C@H]2[C@H](Cc2ccccc2)C1. The average Bonchev–Trinajstić information content (AvgIpc) is 3.23. The van der Waals surface area contributed by atoms with Crippen LogP contribution in [0.1, 0.15) is 53.4 Å². The van der Waals surface area contributed by atoms with E-state index in [0.717, 1.165) is 29.5 Å². The molecule has 0 amide bonds. The zero-order valence-corrected chi connectivity index (χ0v) is 23.1. The minimum Gasteiger partial charge on any atom is -0.504 e. The maximum Gasteiger partial charge on any atom is 0.200 e. The summed E-state index contributed by atoms with van der Waals surface area (Å²) in [4.78, 5) is 13.1. The summed E-state index contributed by atoms with van der Waals surface area (Å²) >= 11 is 0. The predicted molar refractivity (Wildman–Crippen MR) is 154 cm³/mol. The number of methoxy groups -OCH3 is 1. The Labute approximate surface area is 239 Å². The Morgan fingerprint density at radius 3 is 2.54 bits per heavy atom. The number of hydrogen-bond donors (Lipinski definition) is 5. The standard InChI is InChI=1S/C33H37NO7/c1-40-33-31-21-9-11-24(27(37)16-23(35)10-7-20-8-12-26(36)29(14-20)41-18-34)30(25(31)17-28(38)32(33)39)22(15-21)13-19-5-3-2-4-6-19/h2-6,8-9,11-12,14,17,21-22,24,27,30,36-39H,7,10,13,15-16,18,34H2,1H3/t21-,22+,24-,27-,30+/m0/s1. The number of phenols is 3. The van der Waals surface area contributed by atoms with Crippen molar-refractivity contribution in [3.63, 3.8) is 0 Å². The van der Waals surface area contributed by atoms with Gasteiger partial charge in [-0.25, -0.2) is 0 Å². The number of benzene rings is 3. The lowest BCUT2D eigenvalue weighted by atomic mass is 9.65. The number of aliphatic hydroxyl groups excluding tert-OH is 1. The normalized spacial score (nSPS) is 21.6. The first-order chi connectivity index (χ1) is 19.8. The summed E-state index contributed by atoms with van der Waals surface area (Å²) in [5, 5.41) is 42.6. The molecule has 0 fully saturated rings. The summed E-state index contributed by atoms with van der Waals surface area (Å²) in [5.41, 5.74) is 9.09. The number of carbonyl (C=O) groups excluding carboxylic acids is 1. The molecule has 0 aliphatic heterocycles. The highest BCUT2D eigenvalue weighted by atomic mass is 16.5. The van der Waals surface area contributed by atoms with Gasteiger partial charge in [0, 0.05) is 30.2 Å². The van der Waals surface area contributed by atoms with Crippen molar-refractivity contribution in [1.29, 1.82) is 0 Å². The summed E-state index contributed by atoms with van der Waals surface area (Å²) in [5.74, 6) is -0.614. The van der Waals surface area contributed by atoms with Gasteiger partial charge in [-0.3, -0.25) is 10.5 Å². The molecule has 5 atom stereocenters. The molecule has 0 unspecified atom stereocenters. The number of fused-ring (bicyclic) bond motifs is 2. The molecule has 8 nitrogen and oxygen atoms in total. The van der Waals surface area contributed by atoms with Gasteiger partial charge < -0.3 is 29.9 Å². The van der Waals surface area contributed by atoms with E-state index in [1.54, 1.807) is 18.2 Å². The Morgan fingerprint density at radius 2 is 1.80 bits per heavy atom. The van der Waals surface area contributed by atoms with E-state index >= 15 is 0 Å². The first kappa shape index (κ1) is 28.5. The van der Waals surface area contributed by atoms with Crippen LogP contribution in [0.15, 0.2) is 66.7 Å². The van der Waals surface area contributed by atoms with Crippen LogP contribution in [-0.4, -0.2) is 46.2 Å². The first-order valence-electron chi connectivity index (χ1n) is 14.0. The number of rotatable bonds is 11. The summed E-state index contributed by atoms with van der Waals surface area (Å²) in [6, 6.07) is 16.7. The summed E-state index contributed by atoms with van der Waals surface area (Å²) < 4.78 is 10.8. The number of ketones is 1. The zero-order chi connectivity index (χ0) is 29.1. The van der Waals surface area contributed by atoms with E-state index in [-0.39, 0.29) is 77.8 Å². The highest BCUT2D eigenvalue weighted by Crippen LogP contribution is 2.57. The van der Waals surface area contributed by atoms with Gasteiger partial charge in [0.15, 0.2) is 23.0 Å². The Balaban J connectivity index is 1.39. The first-order valence-corrected chi connectivity index (χ1v) is 14.0. The Hall–Kier alpha value is -4.01. The van der Waals surface area contributed by atoms with Crippen LogP contribution < -0.4 is 15.2 Å². The number of allylic oxidation sites excluding steroid dienone is 1. The van der Waals surface area contributed by atoms with Crippen LogP contribution >= 0.6 is 0 Å². The average molecular weight is 560 g/mol. The van der Waals surface area contributed by atoms with Crippen molar-refractivity contribution in [1.82, 2.24) is 0 Å². The molecule has 0 heterocycles. The second kappa shape index (κ2) is 12.2. The van der Waals surface area contributed by atoms with Crippen molar-refractivity contribution in [2.24, 2.45) is 17.6 Å². The van der Waals surface area contributed by atoms with Gasteiger partial charge in [0.05, 0.1) is 13.2 Å². The minimum absolute atomic E-state index is 0.0164. The number of hydrogen-bond acceptors (Lipinski definition) is 8. The van der Waals surface area contributed by atoms with Crippen molar-refractivity contribution in [2.45, 2.75) is 50.0 Å². The van der Waals surface area contributed by atoms with Crippen molar-refractivity contribution >= 4 is 5.78 Å².